The zero-order valence-electron chi connectivity index (χ0n) is 14.0. The van der Waals surface area contributed by atoms with Crippen LogP contribution in [0.25, 0.3) is 0 Å². The van der Waals surface area contributed by atoms with Gasteiger partial charge in [0.25, 0.3) is 0 Å². The molecule has 0 aliphatic carbocycles. The Labute approximate surface area is 165 Å². The molecule has 1 aromatic carbocycles. The molecule has 2 N–H and O–H groups in total. The highest BCUT2D eigenvalue weighted by molar-refractivity contribution is 14.0. The van der Waals surface area contributed by atoms with Crippen LogP contribution in [0.4, 0.5) is 0 Å². The van der Waals surface area contributed by atoms with Gasteiger partial charge in [0.2, 0.25) is 0 Å². The normalized spacial score (nSPS) is 25.3. The summed E-state index contributed by atoms with van der Waals surface area (Å²) in [6.07, 6.45) is 5.04. The third-order valence-electron chi connectivity index (χ3n) is 4.60. The number of fused-ring (bicyclic) bond motifs is 2. The van der Waals surface area contributed by atoms with E-state index in [1.54, 1.807) is 14.2 Å². The Hall–Kier alpha value is -0.730. The zero-order valence-corrected chi connectivity index (χ0v) is 17.1. The number of rotatable bonds is 5. The Kier molecular flexibility index (Phi) is 7.43. The first-order valence-corrected chi connectivity index (χ1v) is 8.52. The summed E-state index contributed by atoms with van der Waals surface area (Å²) < 4.78 is 11.0. The van der Waals surface area contributed by atoms with Crippen molar-refractivity contribution >= 4 is 41.5 Å². The van der Waals surface area contributed by atoms with Crippen molar-refractivity contribution in [1.29, 1.82) is 0 Å². The van der Waals surface area contributed by atoms with Crippen LogP contribution in [0, 0.1) is 0 Å². The van der Waals surface area contributed by atoms with Crippen LogP contribution < -0.4 is 15.4 Å². The fourth-order valence-corrected chi connectivity index (χ4v) is 3.60. The molecule has 2 aliphatic heterocycles. The molecule has 0 saturated carbocycles. The van der Waals surface area contributed by atoms with Crippen molar-refractivity contribution in [3.63, 3.8) is 0 Å². The first-order valence-electron chi connectivity index (χ1n) is 8.14. The molecule has 2 aliphatic rings. The molecule has 24 heavy (non-hydrogen) atoms. The number of halogens is 2. The van der Waals surface area contributed by atoms with Crippen molar-refractivity contribution in [3.8, 4) is 5.75 Å². The highest BCUT2D eigenvalue weighted by atomic mass is 127. The average molecular weight is 466 g/mol. The van der Waals surface area contributed by atoms with Gasteiger partial charge < -0.3 is 20.1 Å². The van der Waals surface area contributed by atoms with Gasteiger partial charge in [0.15, 0.2) is 5.96 Å². The molecule has 1 aromatic rings. The van der Waals surface area contributed by atoms with E-state index in [1.807, 2.05) is 18.2 Å². The van der Waals surface area contributed by atoms with Crippen LogP contribution in [0.5, 0.6) is 5.75 Å². The molecular formula is C17H25ClIN3O2. The van der Waals surface area contributed by atoms with E-state index in [0.717, 1.165) is 48.1 Å². The number of methoxy groups -OCH3 is 1. The van der Waals surface area contributed by atoms with E-state index in [1.165, 1.54) is 6.42 Å². The van der Waals surface area contributed by atoms with Gasteiger partial charge in [-0.2, -0.15) is 0 Å². The molecule has 2 saturated heterocycles. The Morgan fingerprint density at radius 1 is 1.42 bits per heavy atom. The minimum absolute atomic E-state index is 0. The maximum absolute atomic E-state index is 6.27. The van der Waals surface area contributed by atoms with Crippen molar-refractivity contribution in [3.05, 3.63) is 28.8 Å². The molecule has 134 valence electrons. The summed E-state index contributed by atoms with van der Waals surface area (Å²) in [6, 6.07) is 6.16. The summed E-state index contributed by atoms with van der Waals surface area (Å²) in [6.45, 7) is 0.771. The molecule has 5 nitrogen and oxygen atoms in total. The van der Waals surface area contributed by atoms with Crippen LogP contribution in [-0.2, 0) is 11.2 Å². The van der Waals surface area contributed by atoms with Gasteiger partial charge in [0, 0.05) is 18.6 Å². The summed E-state index contributed by atoms with van der Waals surface area (Å²) in [5.74, 6) is 1.61. The van der Waals surface area contributed by atoms with Crippen molar-refractivity contribution in [2.45, 2.75) is 43.9 Å². The predicted octanol–water partition coefficient (Wildman–Crippen LogP) is 2.99. The number of nitrogens with one attached hydrogen (secondary N) is 2. The molecule has 3 atom stereocenters. The van der Waals surface area contributed by atoms with Gasteiger partial charge in [-0.15, -0.1) is 24.0 Å². The second kappa shape index (κ2) is 9.10. The van der Waals surface area contributed by atoms with E-state index in [4.69, 9.17) is 21.1 Å². The molecule has 0 amide bonds. The van der Waals surface area contributed by atoms with E-state index >= 15 is 0 Å². The average Bonchev–Trinajstić information content (AvgIpc) is 3.18. The summed E-state index contributed by atoms with van der Waals surface area (Å²) in [5.41, 5.74) is 1.10. The van der Waals surface area contributed by atoms with Gasteiger partial charge in [-0.3, -0.25) is 4.99 Å². The lowest BCUT2D eigenvalue weighted by Crippen LogP contribution is -2.47. The van der Waals surface area contributed by atoms with Crippen molar-refractivity contribution in [1.82, 2.24) is 10.6 Å². The minimum atomic E-state index is 0. The summed E-state index contributed by atoms with van der Waals surface area (Å²) in [5, 5.41) is 7.56. The largest absolute Gasteiger partial charge is 0.497 e. The number of guanidine groups is 1. The summed E-state index contributed by atoms with van der Waals surface area (Å²) in [7, 11) is 3.44. The second-order valence-electron chi connectivity index (χ2n) is 6.07. The first-order chi connectivity index (χ1) is 11.2. The van der Waals surface area contributed by atoms with Gasteiger partial charge >= 0.3 is 0 Å². The van der Waals surface area contributed by atoms with Crippen LogP contribution >= 0.6 is 35.6 Å². The number of nitrogens with zero attached hydrogens (tertiary/aromatic N) is 1. The monoisotopic (exact) mass is 465 g/mol. The Bertz CT molecular complexity index is 585. The van der Waals surface area contributed by atoms with E-state index < -0.39 is 0 Å². The predicted molar refractivity (Wildman–Crippen MR) is 108 cm³/mol. The lowest BCUT2D eigenvalue weighted by atomic mass is 9.96. The quantitative estimate of drug-likeness (QED) is 0.399. The third kappa shape index (κ3) is 4.67. The van der Waals surface area contributed by atoms with Crippen LogP contribution in [0.2, 0.25) is 5.02 Å². The van der Waals surface area contributed by atoms with Crippen LogP contribution in [-0.4, -0.2) is 44.9 Å². The van der Waals surface area contributed by atoms with E-state index in [-0.39, 0.29) is 24.0 Å². The molecule has 7 heteroatoms. The molecular weight excluding hydrogens is 441 g/mol. The van der Waals surface area contributed by atoms with Crippen molar-refractivity contribution in [2.75, 3.05) is 20.7 Å². The molecule has 3 rings (SSSR count). The topological polar surface area (TPSA) is 54.9 Å². The Morgan fingerprint density at radius 2 is 2.25 bits per heavy atom. The molecule has 2 bridgehead atoms. The second-order valence-corrected chi connectivity index (χ2v) is 6.47. The zero-order chi connectivity index (χ0) is 16.2. The Balaban J connectivity index is 0.00000208. The van der Waals surface area contributed by atoms with Crippen LogP contribution in [0.3, 0.4) is 0 Å². The van der Waals surface area contributed by atoms with E-state index in [9.17, 15) is 0 Å². The van der Waals surface area contributed by atoms with Gasteiger partial charge in [-0.05, 0) is 43.4 Å². The maximum Gasteiger partial charge on any atom is 0.191 e. The number of ether oxygens (including phenoxy) is 2. The molecule has 2 heterocycles. The molecule has 2 fully saturated rings. The van der Waals surface area contributed by atoms with Crippen molar-refractivity contribution < 1.29 is 9.47 Å². The van der Waals surface area contributed by atoms with Gasteiger partial charge in [0.05, 0.1) is 25.4 Å². The maximum atomic E-state index is 6.27. The smallest absolute Gasteiger partial charge is 0.191 e. The number of aliphatic imine (C=N–C) groups is 1. The number of hydrogen-bond donors (Lipinski definition) is 2. The molecule has 0 aromatic heterocycles. The molecule has 0 radical (unpaired) electrons. The first kappa shape index (κ1) is 19.6. The fraction of sp³-hybridized carbons (Fsp3) is 0.588. The van der Waals surface area contributed by atoms with E-state index in [2.05, 4.69) is 15.6 Å². The van der Waals surface area contributed by atoms with Crippen LogP contribution in [0.15, 0.2) is 23.2 Å². The highest BCUT2D eigenvalue weighted by Crippen LogP contribution is 2.34. The molecule has 0 spiro atoms. The third-order valence-corrected chi connectivity index (χ3v) is 4.95. The molecule has 3 unspecified atom stereocenters. The fourth-order valence-electron chi connectivity index (χ4n) is 3.33. The van der Waals surface area contributed by atoms with Crippen LogP contribution in [0.1, 0.15) is 24.8 Å². The van der Waals surface area contributed by atoms with Gasteiger partial charge in [0.1, 0.15) is 5.75 Å². The minimum Gasteiger partial charge on any atom is -0.497 e. The number of benzene rings is 1. The standard InChI is InChI=1S/C17H24ClN3O2.HI/c1-19-17(21-15-10-13-5-6-16(15)23-13)20-8-7-11-3-4-12(22-2)9-14(11)18;/h3-4,9,13,15-16H,5-8,10H2,1-2H3,(H2,19,20,21);1H. The number of hydrogen-bond acceptors (Lipinski definition) is 3. The SMILES string of the molecule is CN=C(NCCc1ccc(OC)cc1Cl)NC1CC2CCC1O2.I. The van der Waals surface area contributed by atoms with Gasteiger partial charge in [-0.25, -0.2) is 0 Å². The van der Waals surface area contributed by atoms with E-state index in [0.29, 0.717) is 18.2 Å². The lowest BCUT2D eigenvalue weighted by molar-refractivity contribution is 0.0992. The highest BCUT2D eigenvalue weighted by Gasteiger charge is 2.41. The summed E-state index contributed by atoms with van der Waals surface area (Å²) in [4.78, 5) is 4.30. The lowest BCUT2D eigenvalue weighted by Gasteiger charge is -2.22. The summed E-state index contributed by atoms with van der Waals surface area (Å²) >= 11 is 6.27. The Morgan fingerprint density at radius 3 is 2.83 bits per heavy atom. The van der Waals surface area contributed by atoms with Crippen molar-refractivity contribution in [2.24, 2.45) is 4.99 Å². The van der Waals surface area contributed by atoms with Gasteiger partial charge in [-0.1, -0.05) is 17.7 Å².